The molecule has 1 amide bonds. The van der Waals surface area contributed by atoms with Gasteiger partial charge in [-0.15, -0.1) is 0 Å². The molecular weight excluding hydrogens is 301 g/mol. The molecule has 0 heterocycles. The molecule has 2 N–H and O–H groups in total. The second-order valence-electron chi connectivity index (χ2n) is 4.54. The highest BCUT2D eigenvalue weighted by molar-refractivity contribution is 7.99. The average Bonchev–Trinajstić information content (AvgIpc) is 2.43. The van der Waals surface area contributed by atoms with E-state index in [2.05, 4.69) is 10.6 Å². The fraction of sp³-hybridized carbons (Fsp3) is 0.500. The van der Waals surface area contributed by atoms with Crippen molar-refractivity contribution in [1.82, 2.24) is 5.32 Å². The van der Waals surface area contributed by atoms with Crippen LogP contribution in [0.4, 0.5) is 18.9 Å². The number of nitrogens with one attached hydrogen (secondary N) is 2. The van der Waals surface area contributed by atoms with Crippen LogP contribution in [0.5, 0.6) is 0 Å². The summed E-state index contributed by atoms with van der Waals surface area (Å²) in [6, 6.07) is 3.57. The van der Waals surface area contributed by atoms with Gasteiger partial charge < -0.3 is 10.6 Å². The van der Waals surface area contributed by atoms with Crippen LogP contribution in [0.25, 0.3) is 0 Å². The van der Waals surface area contributed by atoms with Crippen molar-refractivity contribution in [2.24, 2.45) is 0 Å². The number of alkyl halides is 3. The van der Waals surface area contributed by atoms with Crippen LogP contribution in [-0.4, -0.2) is 30.5 Å². The maximum atomic E-state index is 13.0. The molecule has 1 atom stereocenters. The minimum Gasteiger partial charge on any atom is -0.385 e. The van der Waals surface area contributed by atoms with E-state index < -0.39 is 17.6 Å². The Morgan fingerprint density at radius 1 is 1.38 bits per heavy atom. The summed E-state index contributed by atoms with van der Waals surface area (Å²) in [5.41, 5.74) is -0.828. The summed E-state index contributed by atoms with van der Waals surface area (Å²) in [6.45, 7) is 4.43. The molecule has 1 rings (SSSR count). The third-order valence-corrected chi connectivity index (χ3v) is 3.88. The lowest BCUT2D eigenvalue weighted by molar-refractivity contribution is -0.137. The number of carbonyl (C=O) groups excluding carboxylic acids is 1. The molecule has 0 bridgehead atoms. The van der Waals surface area contributed by atoms with Crippen LogP contribution in [0, 0.1) is 0 Å². The molecule has 0 radical (unpaired) electrons. The molecule has 0 aliphatic carbocycles. The summed E-state index contributed by atoms with van der Waals surface area (Å²) >= 11 is 1.57. The lowest BCUT2D eigenvalue weighted by Crippen LogP contribution is -2.29. The molecule has 0 saturated heterocycles. The van der Waals surface area contributed by atoms with Gasteiger partial charge in [-0.05, 0) is 31.4 Å². The van der Waals surface area contributed by atoms with Crippen LogP contribution in [0.3, 0.4) is 0 Å². The summed E-state index contributed by atoms with van der Waals surface area (Å²) in [7, 11) is 0. The molecule has 0 spiro atoms. The van der Waals surface area contributed by atoms with Gasteiger partial charge in [-0.2, -0.15) is 24.9 Å². The summed E-state index contributed by atoms with van der Waals surface area (Å²) in [6.07, 6.45) is -2.59. The molecule has 0 aliphatic heterocycles. The van der Waals surface area contributed by atoms with Crippen LogP contribution in [0.15, 0.2) is 18.2 Å². The lowest BCUT2D eigenvalue weighted by atomic mass is 10.1. The third kappa shape index (κ3) is 5.15. The summed E-state index contributed by atoms with van der Waals surface area (Å²) in [5.74, 6) is -0.496. The number of benzene rings is 1. The number of hydrogen-bond donors (Lipinski definition) is 2. The van der Waals surface area contributed by atoms with E-state index in [-0.39, 0.29) is 16.5 Å². The minimum atomic E-state index is -4.50. The van der Waals surface area contributed by atoms with Crippen molar-refractivity contribution in [2.75, 3.05) is 24.7 Å². The molecular formula is C14H19F3N2OS. The quantitative estimate of drug-likeness (QED) is 0.841. The number of halogens is 3. The fourth-order valence-corrected chi connectivity index (χ4v) is 1.94. The second kappa shape index (κ2) is 7.59. The Morgan fingerprint density at radius 2 is 2.05 bits per heavy atom. The average molecular weight is 320 g/mol. The van der Waals surface area contributed by atoms with Crippen molar-refractivity contribution in [3.8, 4) is 0 Å². The van der Waals surface area contributed by atoms with E-state index in [4.69, 9.17) is 0 Å². The number of thioether (sulfide) groups is 1. The van der Waals surface area contributed by atoms with Gasteiger partial charge in [-0.1, -0.05) is 6.92 Å². The van der Waals surface area contributed by atoms with E-state index in [1.807, 2.05) is 13.2 Å². The number of anilines is 1. The summed E-state index contributed by atoms with van der Waals surface area (Å²) in [4.78, 5) is 11.9. The lowest BCUT2D eigenvalue weighted by Gasteiger charge is -2.15. The molecule has 118 valence electrons. The number of hydrogen-bond acceptors (Lipinski definition) is 3. The van der Waals surface area contributed by atoms with Gasteiger partial charge in [0.25, 0.3) is 5.91 Å². The van der Waals surface area contributed by atoms with E-state index in [0.717, 1.165) is 6.07 Å². The van der Waals surface area contributed by atoms with E-state index in [1.54, 1.807) is 18.7 Å². The first-order valence-corrected chi connectivity index (χ1v) is 7.84. The first kappa shape index (κ1) is 17.7. The van der Waals surface area contributed by atoms with Gasteiger partial charge in [-0.25, -0.2) is 0 Å². The van der Waals surface area contributed by atoms with E-state index in [9.17, 15) is 18.0 Å². The Bertz CT molecular complexity index is 492. The normalized spacial score (nSPS) is 12.9. The Hall–Kier alpha value is -1.37. The van der Waals surface area contributed by atoms with Crippen LogP contribution >= 0.6 is 11.8 Å². The molecule has 0 fully saturated rings. The van der Waals surface area contributed by atoms with Crippen molar-refractivity contribution >= 4 is 23.4 Å². The van der Waals surface area contributed by atoms with Crippen molar-refractivity contribution in [1.29, 1.82) is 0 Å². The maximum absolute atomic E-state index is 13.0. The van der Waals surface area contributed by atoms with Crippen LogP contribution in [-0.2, 0) is 6.18 Å². The monoisotopic (exact) mass is 320 g/mol. The van der Waals surface area contributed by atoms with Gasteiger partial charge >= 0.3 is 6.18 Å². The molecule has 0 aliphatic rings. The first-order chi connectivity index (χ1) is 9.79. The molecule has 1 unspecified atom stereocenters. The Morgan fingerprint density at radius 3 is 2.57 bits per heavy atom. The van der Waals surface area contributed by atoms with Gasteiger partial charge in [0.1, 0.15) is 0 Å². The summed E-state index contributed by atoms with van der Waals surface area (Å²) in [5, 5.41) is 5.49. The highest BCUT2D eigenvalue weighted by Crippen LogP contribution is 2.35. The predicted octanol–water partition coefficient (Wildman–Crippen LogP) is 3.62. The van der Waals surface area contributed by atoms with Gasteiger partial charge in [0.15, 0.2) is 0 Å². The Kier molecular flexibility index (Phi) is 6.39. The minimum absolute atomic E-state index is 0.0114. The molecule has 0 saturated carbocycles. The van der Waals surface area contributed by atoms with E-state index in [1.165, 1.54) is 12.1 Å². The van der Waals surface area contributed by atoms with Crippen LogP contribution in [0.1, 0.15) is 29.8 Å². The van der Waals surface area contributed by atoms with Crippen molar-refractivity contribution in [3.63, 3.8) is 0 Å². The zero-order chi connectivity index (χ0) is 16.0. The van der Waals surface area contributed by atoms with Crippen molar-refractivity contribution in [3.05, 3.63) is 29.3 Å². The third-order valence-electron chi connectivity index (χ3n) is 2.91. The number of rotatable bonds is 6. The number of carbonyl (C=O) groups is 1. The number of amides is 1. The SMILES string of the molecule is CCNc1ccc(C(=O)NCC(C)SC)cc1C(F)(F)F. The first-order valence-electron chi connectivity index (χ1n) is 6.55. The Balaban J connectivity index is 2.97. The molecule has 3 nitrogen and oxygen atoms in total. The largest absolute Gasteiger partial charge is 0.418 e. The van der Waals surface area contributed by atoms with Gasteiger partial charge in [0.2, 0.25) is 0 Å². The van der Waals surface area contributed by atoms with Crippen molar-refractivity contribution < 1.29 is 18.0 Å². The standard InChI is InChI=1S/C14H19F3N2OS/c1-4-18-12-6-5-10(7-11(12)14(15,16)17)13(20)19-8-9(2)21-3/h5-7,9,18H,4,8H2,1-3H3,(H,19,20). The Labute approximate surface area is 126 Å². The zero-order valence-electron chi connectivity index (χ0n) is 12.2. The van der Waals surface area contributed by atoms with Crippen molar-refractivity contribution in [2.45, 2.75) is 25.3 Å². The smallest absolute Gasteiger partial charge is 0.385 e. The predicted molar refractivity (Wildman–Crippen MR) is 80.9 cm³/mol. The maximum Gasteiger partial charge on any atom is 0.418 e. The van der Waals surface area contributed by atoms with Gasteiger partial charge in [-0.3, -0.25) is 4.79 Å². The molecule has 21 heavy (non-hydrogen) atoms. The summed E-state index contributed by atoms with van der Waals surface area (Å²) < 4.78 is 39.0. The zero-order valence-corrected chi connectivity index (χ0v) is 13.0. The van der Waals surface area contributed by atoms with E-state index in [0.29, 0.717) is 13.1 Å². The molecule has 1 aromatic carbocycles. The van der Waals surface area contributed by atoms with Crippen LogP contribution in [0.2, 0.25) is 0 Å². The highest BCUT2D eigenvalue weighted by Gasteiger charge is 2.34. The topological polar surface area (TPSA) is 41.1 Å². The fourth-order valence-electron chi connectivity index (χ4n) is 1.69. The van der Waals surface area contributed by atoms with Gasteiger partial charge in [0.05, 0.1) is 5.56 Å². The van der Waals surface area contributed by atoms with Gasteiger partial charge in [0, 0.05) is 29.6 Å². The van der Waals surface area contributed by atoms with E-state index >= 15 is 0 Å². The molecule has 1 aromatic rings. The van der Waals surface area contributed by atoms with Crippen LogP contribution < -0.4 is 10.6 Å². The molecule has 0 aromatic heterocycles. The second-order valence-corrected chi connectivity index (χ2v) is 5.82. The highest BCUT2D eigenvalue weighted by atomic mass is 32.2. The molecule has 7 heteroatoms.